The summed E-state index contributed by atoms with van der Waals surface area (Å²) in [6.45, 7) is 9.10. The third-order valence-electron chi connectivity index (χ3n) is 3.35. The predicted molar refractivity (Wildman–Crippen MR) is 76.2 cm³/mol. The highest BCUT2D eigenvalue weighted by Gasteiger charge is 2.04. The Morgan fingerprint density at radius 1 is 0.833 bits per heavy atom. The molecule has 0 spiro atoms. The van der Waals surface area contributed by atoms with Crippen molar-refractivity contribution < 1.29 is 4.74 Å². The summed E-state index contributed by atoms with van der Waals surface area (Å²) in [6, 6.07) is 12.7. The van der Waals surface area contributed by atoms with Crippen molar-refractivity contribution in [2.75, 3.05) is 0 Å². The lowest BCUT2D eigenvalue weighted by Gasteiger charge is -2.13. The zero-order valence-corrected chi connectivity index (χ0v) is 11.6. The molecular formula is C17H20O. The predicted octanol–water partition coefficient (Wildman–Crippen LogP) is 4.50. The molecular weight excluding hydrogens is 220 g/mol. The molecule has 0 aliphatic rings. The van der Waals surface area contributed by atoms with Crippen LogP contribution in [-0.4, -0.2) is 0 Å². The Bertz CT molecular complexity index is 535. The standard InChI is InChI=1S/C17H20O/c1-12-8-9-17(15(4)10-12)18-11-16-13(2)6-5-7-14(16)3/h5-10H,11H2,1-4H3. The van der Waals surface area contributed by atoms with E-state index in [0.29, 0.717) is 6.61 Å². The maximum absolute atomic E-state index is 5.94. The number of rotatable bonds is 3. The highest BCUT2D eigenvalue weighted by Crippen LogP contribution is 2.21. The molecule has 0 heterocycles. The molecule has 0 aromatic heterocycles. The third-order valence-corrected chi connectivity index (χ3v) is 3.35. The van der Waals surface area contributed by atoms with Gasteiger partial charge in [-0.05, 0) is 56.0 Å². The Kier molecular flexibility index (Phi) is 3.71. The van der Waals surface area contributed by atoms with Crippen molar-refractivity contribution >= 4 is 0 Å². The lowest BCUT2D eigenvalue weighted by molar-refractivity contribution is 0.302. The monoisotopic (exact) mass is 240 g/mol. The van der Waals surface area contributed by atoms with E-state index in [4.69, 9.17) is 4.74 Å². The molecule has 94 valence electrons. The molecule has 1 heteroatoms. The minimum Gasteiger partial charge on any atom is -0.489 e. The third kappa shape index (κ3) is 2.73. The van der Waals surface area contributed by atoms with Crippen LogP contribution in [0.25, 0.3) is 0 Å². The molecule has 2 aromatic carbocycles. The minimum absolute atomic E-state index is 0.641. The van der Waals surface area contributed by atoms with Gasteiger partial charge in [-0.1, -0.05) is 35.9 Å². The molecule has 0 saturated carbocycles. The molecule has 0 unspecified atom stereocenters. The van der Waals surface area contributed by atoms with Gasteiger partial charge in [-0.3, -0.25) is 0 Å². The first-order valence-electron chi connectivity index (χ1n) is 6.33. The van der Waals surface area contributed by atoms with Gasteiger partial charge < -0.3 is 4.74 Å². The lowest BCUT2D eigenvalue weighted by atomic mass is 10.0. The molecule has 0 aliphatic carbocycles. The fraction of sp³-hybridized carbons (Fsp3) is 0.294. The number of hydrogen-bond acceptors (Lipinski definition) is 1. The molecule has 0 fully saturated rings. The summed E-state index contributed by atoms with van der Waals surface area (Å²) in [5.74, 6) is 0.975. The summed E-state index contributed by atoms with van der Waals surface area (Å²) >= 11 is 0. The van der Waals surface area contributed by atoms with Gasteiger partial charge in [0, 0.05) is 0 Å². The number of benzene rings is 2. The topological polar surface area (TPSA) is 9.23 Å². The van der Waals surface area contributed by atoms with E-state index in [1.807, 2.05) is 0 Å². The average molecular weight is 240 g/mol. The van der Waals surface area contributed by atoms with Crippen molar-refractivity contribution in [2.24, 2.45) is 0 Å². The highest BCUT2D eigenvalue weighted by molar-refractivity contribution is 5.37. The Balaban J connectivity index is 2.16. The van der Waals surface area contributed by atoms with Crippen molar-refractivity contribution in [3.05, 3.63) is 64.2 Å². The van der Waals surface area contributed by atoms with Crippen molar-refractivity contribution in [3.8, 4) is 5.75 Å². The first-order valence-corrected chi connectivity index (χ1v) is 6.33. The number of ether oxygens (including phenoxy) is 1. The largest absolute Gasteiger partial charge is 0.489 e. The summed E-state index contributed by atoms with van der Waals surface area (Å²) in [6.07, 6.45) is 0. The maximum atomic E-state index is 5.94. The van der Waals surface area contributed by atoms with E-state index in [1.165, 1.54) is 27.8 Å². The summed E-state index contributed by atoms with van der Waals surface area (Å²) in [5, 5.41) is 0. The second kappa shape index (κ2) is 5.26. The second-order valence-corrected chi connectivity index (χ2v) is 4.93. The summed E-state index contributed by atoms with van der Waals surface area (Å²) in [4.78, 5) is 0. The van der Waals surface area contributed by atoms with Crippen molar-refractivity contribution in [1.82, 2.24) is 0 Å². The van der Waals surface area contributed by atoms with Gasteiger partial charge in [0.05, 0.1) is 0 Å². The number of hydrogen-bond donors (Lipinski definition) is 0. The normalized spacial score (nSPS) is 10.4. The van der Waals surface area contributed by atoms with Gasteiger partial charge in [0.15, 0.2) is 0 Å². The Morgan fingerprint density at radius 2 is 1.50 bits per heavy atom. The van der Waals surface area contributed by atoms with Gasteiger partial charge in [-0.2, -0.15) is 0 Å². The molecule has 0 aliphatic heterocycles. The molecule has 0 atom stereocenters. The van der Waals surface area contributed by atoms with E-state index in [2.05, 4.69) is 64.1 Å². The first kappa shape index (κ1) is 12.7. The molecule has 1 nitrogen and oxygen atoms in total. The van der Waals surface area contributed by atoms with Gasteiger partial charge in [-0.25, -0.2) is 0 Å². The van der Waals surface area contributed by atoms with Crippen LogP contribution in [0.1, 0.15) is 27.8 Å². The minimum atomic E-state index is 0.641. The van der Waals surface area contributed by atoms with Crippen LogP contribution >= 0.6 is 0 Å². The highest BCUT2D eigenvalue weighted by atomic mass is 16.5. The van der Waals surface area contributed by atoms with Crippen LogP contribution in [-0.2, 0) is 6.61 Å². The van der Waals surface area contributed by atoms with E-state index in [1.54, 1.807) is 0 Å². The lowest BCUT2D eigenvalue weighted by Crippen LogP contribution is -2.01. The zero-order chi connectivity index (χ0) is 13.1. The van der Waals surface area contributed by atoms with E-state index in [9.17, 15) is 0 Å². The van der Waals surface area contributed by atoms with Gasteiger partial charge in [0.1, 0.15) is 12.4 Å². The Hall–Kier alpha value is -1.76. The maximum Gasteiger partial charge on any atom is 0.122 e. The fourth-order valence-electron chi connectivity index (χ4n) is 2.19. The van der Waals surface area contributed by atoms with E-state index in [-0.39, 0.29) is 0 Å². The molecule has 0 amide bonds. The van der Waals surface area contributed by atoms with Crippen LogP contribution in [0.4, 0.5) is 0 Å². The zero-order valence-electron chi connectivity index (χ0n) is 11.6. The first-order chi connectivity index (χ1) is 8.58. The van der Waals surface area contributed by atoms with Crippen molar-refractivity contribution in [2.45, 2.75) is 34.3 Å². The Morgan fingerprint density at radius 3 is 2.11 bits per heavy atom. The summed E-state index contributed by atoms with van der Waals surface area (Å²) < 4.78 is 5.94. The van der Waals surface area contributed by atoms with Crippen molar-refractivity contribution in [3.63, 3.8) is 0 Å². The van der Waals surface area contributed by atoms with Crippen LogP contribution in [0.15, 0.2) is 36.4 Å². The molecule has 2 rings (SSSR count). The molecule has 0 radical (unpaired) electrons. The smallest absolute Gasteiger partial charge is 0.122 e. The van der Waals surface area contributed by atoms with E-state index >= 15 is 0 Å². The fourth-order valence-corrected chi connectivity index (χ4v) is 2.19. The van der Waals surface area contributed by atoms with Gasteiger partial charge in [0.25, 0.3) is 0 Å². The van der Waals surface area contributed by atoms with Gasteiger partial charge in [0.2, 0.25) is 0 Å². The van der Waals surface area contributed by atoms with Crippen LogP contribution in [0.5, 0.6) is 5.75 Å². The van der Waals surface area contributed by atoms with E-state index in [0.717, 1.165) is 5.75 Å². The SMILES string of the molecule is Cc1ccc(OCc2c(C)cccc2C)c(C)c1. The molecule has 0 saturated heterocycles. The quantitative estimate of drug-likeness (QED) is 0.767. The van der Waals surface area contributed by atoms with Crippen LogP contribution in [0, 0.1) is 27.7 Å². The van der Waals surface area contributed by atoms with Gasteiger partial charge >= 0.3 is 0 Å². The van der Waals surface area contributed by atoms with Gasteiger partial charge in [-0.15, -0.1) is 0 Å². The molecule has 18 heavy (non-hydrogen) atoms. The van der Waals surface area contributed by atoms with Crippen LogP contribution in [0.3, 0.4) is 0 Å². The summed E-state index contributed by atoms with van der Waals surface area (Å²) in [5.41, 5.74) is 6.34. The molecule has 0 N–H and O–H groups in total. The van der Waals surface area contributed by atoms with Crippen molar-refractivity contribution in [1.29, 1.82) is 0 Å². The molecule has 2 aromatic rings. The summed E-state index contributed by atoms with van der Waals surface area (Å²) in [7, 11) is 0. The average Bonchev–Trinajstić information content (AvgIpc) is 2.31. The Labute approximate surface area is 109 Å². The van der Waals surface area contributed by atoms with Crippen LogP contribution < -0.4 is 4.74 Å². The van der Waals surface area contributed by atoms with Crippen LogP contribution in [0.2, 0.25) is 0 Å². The second-order valence-electron chi connectivity index (χ2n) is 4.93. The molecule has 0 bridgehead atoms. The van der Waals surface area contributed by atoms with E-state index < -0.39 is 0 Å². The number of aryl methyl sites for hydroxylation is 4.